The van der Waals surface area contributed by atoms with E-state index in [1.165, 1.54) is 0 Å². The fourth-order valence-corrected chi connectivity index (χ4v) is 3.34. The Bertz CT molecular complexity index is 422. The van der Waals surface area contributed by atoms with Gasteiger partial charge in [-0.3, -0.25) is 14.9 Å². The van der Waals surface area contributed by atoms with Crippen molar-refractivity contribution in [3.8, 4) is 0 Å². The summed E-state index contributed by atoms with van der Waals surface area (Å²) in [7, 11) is 0. The lowest BCUT2D eigenvalue weighted by atomic mass is 9.86. The monoisotopic (exact) mass is 295 g/mol. The van der Waals surface area contributed by atoms with Gasteiger partial charge >= 0.3 is 6.03 Å². The summed E-state index contributed by atoms with van der Waals surface area (Å²) in [5.74, 6) is 0.0533. The van der Waals surface area contributed by atoms with Gasteiger partial charge in [0.25, 0.3) is 5.91 Å². The van der Waals surface area contributed by atoms with Crippen LogP contribution in [0.4, 0.5) is 4.79 Å². The number of carbonyl (C=O) groups excluding carboxylic acids is 3. The summed E-state index contributed by atoms with van der Waals surface area (Å²) in [4.78, 5) is 37.6. The molecule has 0 unspecified atom stereocenters. The van der Waals surface area contributed by atoms with Crippen LogP contribution in [-0.4, -0.2) is 41.4 Å². The van der Waals surface area contributed by atoms with Crippen LogP contribution in [0.1, 0.15) is 52.4 Å². The van der Waals surface area contributed by atoms with Crippen LogP contribution in [0, 0.1) is 5.92 Å². The molecule has 2 N–H and O–H groups in total. The highest BCUT2D eigenvalue weighted by Crippen LogP contribution is 2.27. The summed E-state index contributed by atoms with van der Waals surface area (Å²) in [5, 5.41) is 5.01. The van der Waals surface area contributed by atoms with Crippen molar-refractivity contribution in [2.75, 3.05) is 13.1 Å². The Balaban J connectivity index is 1.95. The minimum Gasteiger partial charge on any atom is -0.342 e. The van der Waals surface area contributed by atoms with E-state index < -0.39 is 11.6 Å². The second-order valence-electron chi connectivity index (χ2n) is 6.09. The Hall–Kier alpha value is -1.59. The van der Waals surface area contributed by atoms with Gasteiger partial charge in [0.05, 0.1) is 0 Å². The molecule has 0 aromatic carbocycles. The lowest BCUT2D eigenvalue weighted by Gasteiger charge is -2.38. The minimum absolute atomic E-state index is 0.0982. The molecule has 4 amide bonds. The Labute approximate surface area is 125 Å². The van der Waals surface area contributed by atoms with Crippen molar-refractivity contribution in [1.82, 2.24) is 15.5 Å². The standard InChI is InChI=1S/C15H25N3O3/c1-3-5-11(6-4-2)12(19)18-9-7-15(8-10-18)13(20)16-14(21)17-15/h11H,3-10H2,1-2H3,(H2,16,17,20,21). The molecule has 0 radical (unpaired) electrons. The van der Waals surface area contributed by atoms with Crippen molar-refractivity contribution in [3.05, 3.63) is 0 Å². The molecule has 0 aromatic rings. The number of amides is 4. The number of piperidine rings is 1. The molecule has 118 valence electrons. The molecule has 21 heavy (non-hydrogen) atoms. The maximum atomic E-state index is 12.6. The molecule has 2 saturated heterocycles. The summed E-state index contributed by atoms with van der Waals surface area (Å²) in [5.41, 5.74) is -0.793. The van der Waals surface area contributed by atoms with Gasteiger partial charge in [0, 0.05) is 19.0 Å². The average molecular weight is 295 g/mol. The van der Waals surface area contributed by atoms with E-state index in [2.05, 4.69) is 24.5 Å². The number of likely N-dealkylation sites (tertiary alicyclic amines) is 1. The topological polar surface area (TPSA) is 78.5 Å². The minimum atomic E-state index is -0.793. The quantitative estimate of drug-likeness (QED) is 0.753. The lowest BCUT2D eigenvalue weighted by molar-refractivity contribution is -0.139. The number of imide groups is 1. The van der Waals surface area contributed by atoms with Crippen molar-refractivity contribution < 1.29 is 14.4 Å². The molecule has 2 heterocycles. The predicted molar refractivity (Wildman–Crippen MR) is 78.5 cm³/mol. The molecular weight excluding hydrogens is 270 g/mol. The van der Waals surface area contributed by atoms with Gasteiger partial charge in [0.2, 0.25) is 5.91 Å². The molecule has 0 aliphatic carbocycles. The number of carbonyl (C=O) groups is 3. The van der Waals surface area contributed by atoms with E-state index in [1.807, 2.05) is 4.90 Å². The van der Waals surface area contributed by atoms with Crippen LogP contribution in [0.2, 0.25) is 0 Å². The first kappa shape index (κ1) is 15.8. The summed E-state index contributed by atoms with van der Waals surface area (Å²) in [6.45, 7) is 5.27. The summed E-state index contributed by atoms with van der Waals surface area (Å²) in [6.07, 6.45) is 4.86. The van der Waals surface area contributed by atoms with Crippen LogP contribution in [0.3, 0.4) is 0 Å². The average Bonchev–Trinajstić information content (AvgIpc) is 2.73. The second-order valence-corrected chi connectivity index (χ2v) is 6.09. The first-order chi connectivity index (χ1) is 10.0. The van der Waals surface area contributed by atoms with E-state index in [-0.39, 0.29) is 17.7 Å². The van der Waals surface area contributed by atoms with Gasteiger partial charge in [0.1, 0.15) is 5.54 Å². The molecule has 6 heteroatoms. The van der Waals surface area contributed by atoms with Crippen LogP contribution in [0.25, 0.3) is 0 Å². The molecule has 1 spiro atoms. The zero-order valence-electron chi connectivity index (χ0n) is 12.9. The third-order valence-electron chi connectivity index (χ3n) is 4.57. The van der Waals surface area contributed by atoms with Gasteiger partial charge in [-0.05, 0) is 25.7 Å². The van der Waals surface area contributed by atoms with E-state index in [9.17, 15) is 14.4 Å². The molecular formula is C15H25N3O3. The highest BCUT2D eigenvalue weighted by molar-refractivity contribution is 6.07. The molecule has 0 bridgehead atoms. The van der Waals surface area contributed by atoms with Crippen molar-refractivity contribution >= 4 is 17.8 Å². The van der Waals surface area contributed by atoms with E-state index in [4.69, 9.17) is 0 Å². The predicted octanol–water partition coefficient (Wildman–Crippen LogP) is 1.40. The molecule has 2 aliphatic heterocycles. The summed E-state index contributed by atoms with van der Waals surface area (Å²) in [6, 6.07) is -0.422. The first-order valence-corrected chi connectivity index (χ1v) is 7.94. The van der Waals surface area contributed by atoms with Crippen LogP contribution in [0.15, 0.2) is 0 Å². The Morgan fingerprint density at radius 1 is 1.19 bits per heavy atom. The van der Waals surface area contributed by atoms with Crippen molar-refractivity contribution in [3.63, 3.8) is 0 Å². The SMILES string of the molecule is CCCC(CCC)C(=O)N1CCC2(CC1)NC(=O)NC2=O. The van der Waals surface area contributed by atoms with Crippen molar-refractivity contribution in [1.29, 1.82) is 0 Å². The fourth-order valence-electron chi connectivity index (χ4n) is 3.34. The van der Waals surface area contributed by atoms with Gasteiger partial charge < -0.3 is 10.2 Å². The van der Waals surface area contributed by atoms with Crippen molar-refractivity contribution in [2.45, 2.75) is 57.9 Å². The van der Waals surface area contributed by atoms with Crippen LogP contribution in [0.5, 0.6) is 0 Å². The number of rotatable bonds is 5. The fraction of sp³-hybridized carbons (Fsp3) is 0.800. The van der Waals surface area contributed by atoms with E-state index >= 15 is 0 Å². The largest absolute Gasteiger partial charge is 0.342 e. The van der Waals surface area contributed by atoms with Crippen LogP contribution in [-0.2, 0) is 9.59 Å². The van der Waals surface area contributed by atoms with Gasteiger partial charge in [-0.1, -0.05) is 26.7 Å². The van der Waals surface area contributed by atoms with Crippen LogP contribution < -0.4 is 10.6 Å². The maximum absolute atomic E-state index is 12.6. The number of hydrogen-bond acceptors (Lipinski definition) is 3. The Kier molecular flexibility index (Phi) is 4.85. The Morgan fingerprint density at radius 2 is 1.76 bits per heavy atom. The van der Waals surface area contributed by atoms with Gasteiger partial charge in [0.15, 0.2) is 0 Å². The maximum Gasteiger partial charge on any atom is 0.322 e. The smallest absolute Gasteiger partial charge is 0.322 e. The Morgan fingerprint density at radius 3 is 2.19 bits per heavy atom. The number of nitrogens with zero attached hydrogens (tertiary/aromatic N) is 1. The van der Waals surface area contributed by atoms with Crippen LogP contribution >= 0.6 is 0 Å². The van der Waals surface area contributed by atoms with Gasteiger partial charge in [-0.15, -0.1) is 0 Å². The highest BCUT2D eigenvalue weighted by atomic mass is 16.2. The van der Waals surface area contributed by atoms with E-state index in [0.29, 0.717) is 25.9 Å². The molecule has 2 fully saturated rings. The second kappa shape index (κ2) is 6.45. The van der Waals surface area contributed by atoms with Gasteiger partial charge in [-0.2, -0.15) is 0 Å². The molecule has 0 aromatic heterocycles. The summed E-state index contributed by atoms with van der Waals surface area (Å²) < 4.78 is 0. The number of urea groups is 1. The van der Waals surface area contributed by atoms with Crippen molar-refractivity contribution in [2.24, 2.45) is 5.92 Å². The zero-order chi connectivity index (χ0) is 15.5. The third kappa shape index (κ3) is 3.19. The molecule has 2 aliphatic rings. The normalized spacial score (nSPS) is 20.8. The van der Waals surface area contributed by atoms with E-state index in [1.54, 1.807) is 0 Å². The lowest BCUT2D eigenvalue weighted by Crippen LogP contribution is -2.56. The highest BCUT2D eigenvalue weighted by Gasteiger charge is 2.48. The number of hydrogen-bond donors (Lipinski definition) is 2. The van der Waals surface area contributed by atoms with E-state index in [0.717, 1.165) is 25.7 Å². The van der Waals surface area contributed by atoms with Gasteiger partial charge in [-0.25, -0.2) is 4.79 Å². The molecule has 2 rings (SSSR count). The molecule has 6 nitrogen and oxygen atoms in total. The number of nitrogens with one attached hydrogen (secondary N) is 2. The summed E-state index contributed by atoms with van der Waals surface area (Å²) >= 11 is 0. The zero-order valence-corrected chi connectivity index (χ0v) is 12.9. The first-order valence-electron chi connectivity index (χ1n) is 7.94. The third-order valence-corrected chi connectivity index (χ3v) is 4.57. The molecule has 0 saturated carbocycles. The molecule has 0 atom stereocenters.